The minimum Gasteiger partial charge on any atom is -0.478 e. The maximum absolute atomic E-state index is 13.6. The summed E-state index contributed by atoms with van der Waals surface area (Å²) in [6, 6.07) is 2.13. The smallest absolute Gasteiger partial charge is 0.338 e. The van der Waals surface area contributed by atoms with E-state index >= 15 is 0 Å². The summed E-state index contributed by atoms with van der Waals surface area (Å²) in [4.78, 5) is 10.6. The van der Waals surface area contributed by atoms with Crippen LogP contribution >= 0.6 is 0 Å². The number of hydrogen-bond donors (Lipinski definition) is 3. The van der Waals surface area contributed by atoms with Crippen LogP contribution in [-0.4, -0.2) is 28.3 Å². The highest BCUT2D eigenvalue weighted by molar-refractivity contribution is 5.88. The monoisotopic (exact) mass is 273 g/mol. The molecule has 0 amide bonds. The molecule has 0 spiro atoms. The van der Waals surface area contributed by atoms with Crippen molar-refractivity contribution < 1.29 is 23.8 Å². The number of hydrogen-bond acceptors (Lipinski definition) is 3. The van der Waals surface area contributed by atoms with Crippen molar-refractivity contribution in [2.45, 2.75) is 32.3 Å². The first-order valence-electron chi connectivity index (χ1n) is 6.02. The predicted molar refractivity (Wildman–Crippen MR) is 67.3 cm³/mol. The lowest BCUT2D eigenvalue weighted by molar-refractivity contribution is 0.0456. The average Bonchev–Trinajstić information content (AvgIpc) is 2.39. The highest BCUT2D eigenvalue weighted by atomic mass is 19.2. The van der Waals surface area contributed by atoms with Gasteiger partial charge in [-0.3, -0.25) is 0 Å². The van der Waals surface area contributed by atoms with E-state index in [1.54, 1.807) is 13.8 Å². The summed E-state index contributed by atoms with van der Waals surface area (Å²) in [6.45, 7) is 3.63. The largest absolute Gasteiger partial charge is 0.478 e. The number of carboxylic acids is 1. The molecule has 19 heavy (non-hydrogen) atoms. The Morgan fingerprint density at radius 2 is 1.84 bits per heavy atom. The second-order valence-corrected chi connectivity index (χ2v) is 4.38. The summed E-state index contributed by atoms with van der Waals surface area (Å²) < 4.78 is 27.1. The van der Waals surface area contributed by atoms with Crippen molar-refractivity contribution in [3.63, 3.8) is 0 Å². The molecular weight excluding hydrogens is 256 g/mol. The van der Waals surface area contributed by atoms with Gasteiger partial charge in [-0.15, -0.1) is 0 Å². The number of aliphatic hydroxyl groups is 1. The Kier molecular flexibility index (Phi) is 4.83. The van der Waals surface area contributed by atoms with Crippen molar-refractivity contribution in [3.05, 3.63) is 29.3 Å². The summed E-state index contributed by atoms with van der Waals surface area (Å²) in [5, 5.41) is 21.3. The number of rotatable bonds is 6. The second-order valence-electron chi connectivity index (χ2n) is 4.38. The minimum absolute atomic E-state index is 0.0583. The molecule has 4 nitrogen and oxygen atoms in total. The minimum atomic E-state index is -1.53. The second kappa shape index (κ2) is 5.97. The van der Waals surface area contributed by atoms with Crippen LogP contribution in [0, 0.1) is 11.6 Å². The van der Waals surface area contributed by atoms with E-state index in [-0.39, 0.29) is 12.2 Å². The van der Waals surface area contributed by atoms with Gasteiger partial charge in [0.1, 0.15) is 0 Å². The molecule has 1 rings (SSSR count). The van der Waals surface area contributed by atoms with Crippen molar-refractivity contribution >= 4 is 11.7 Å². The van der Waals surface area contributed by atoms with Gasteiger partial charge >= 0.3 is 5.97 Å². The molecule has 0 aliphatic heterocycles. The Balaban J connectivity index is 2.92. The van der Waals surface area contributed by atoms with Gasteiger partial charge in [0.05, 0.1) is 16.9 Å². The fourth-order valence-corrected chi connectivity index (χ4v) is 1.61. The van der Waals surface area contributed by atoms with Crippen LogP contribution < -0.4 is 5.32 Å². The van der Waals surface area contributed by atoms with Gasteiger partial charge in [-0.2, -0.15) is 0 Å². The molecule has 0 saturated carbocycles. The average molecular weight is 273 g/mol. The molecule has 0 saturated heterocycles. The van der Waals surface area contributed by atoms with Gasteiger partial charge in [0.2, 0.25) is 0 Å². The SMILES string of the molecule is CCC(O)(CC)CNc1ccc(C(=O)O)c(F)c1F. The molecule has 0 fully saturated rings. The van der Waals surface area contributed by atoms with Crippen molar-refractivity contribution in [2.24, 2.45) is 0 Å². The van der Waals surface area contributed by atoms with Gasteiger partial charge in [0.25, 0.3) is 0 Å². The Morgan fingerprint density at radius 3 is 2.32 bits per heavy atom. The van der Waals surface area contributed by atoms with Crippen LogP contribution in [0.15, 0.2) is 12.1 Å². The third-order valence-electron chi connectivity index (χ3n) is 3.24. The molecule has 0 radical (unpaired) electrons. The zero-order valence-electron chi connectivity index (χ0n) is 10.8. The number of anilines is 1. The quantitative estimate of drug-likeness (QED) is 0.745. The molecule has 0 aromatic heterocycles. The van der Waals surface area contributed by atoms with Crippen molar-refractivity contribution in [1.82, 2.24) is 0 Å². The molecule has 1 aromatic carbocycles. The van der Waals surface area contributed by atoms with E-state index in [9.17, 15) is 18.7 Å². The summed E-state index contributed by atoms with van der Waals surface area (Å²) in [5.41, 5.74) is -1.89. The normalized spacial score (nSPS) is 11.4. The van der Waals surface area contributed by atoms with Crippen LogP contribution in [0.2, 0.25) is 0 Å². The number of carboxylic acid groups (broad SMARTS) is 1. The first kappa shape index (κ1) is 15.4. The number of benzene rings is 1. The number of nitrogens with one attached hydrogen (secondary N) is 1. The maximum atomic E-state index is 13.6. The standard InChI is InChI=1S/C13H17F2NO3/c1-3-13(19,4-2)7-16-9-6-5-8(12(17)18)10(14)11(9)15/h5-6,16,19H,3-4,7H2,1-2H3,(H,17,18). The first-order chi connectivity index (χ1) is 8.84. The molecular formula is C13H17F2NO3. The molecule has 0 aliphatic carbocycles. The van der Waals surface area contributed by atoms with E-state index in [2.05, 4.69) is 5.32 Å². The van der Waals surface area contributed by atoms with Gasteiger partial charge < -0.3 is 15.5 Å². The summed E-state index contributed by atoms with van der Waals surface area (Å²) in [7, 11) is 0. The third-order valence-corrected chi connectivity index (χ3v) is 3.24. The highest BCUT2D eigenvalue weighted by Crippen LogP contribution is 2.22. The lowest BCUT2D eigenvalue weighted by Crippen LogP contribution is -2.35. The van der Waals surface area contributed by atoms with Crippen LogP contribution in [-0.2, 0) is 0 Å². The van der Waals surface area contributed by atoms with E-state index in [1.165, 1.54) is 0 Å². The number of aromatic carboxylic acids is 1. The van der Waals surface area contributed by atoms with Crippen LogP contribution in [0.3, 0.4) is 0 Å². The highest BCUT2D eigenvalue weighted by Gasteiger charge is 2.23. The summed E-state index contributed by atoms with van der Waals surface area (Å²) >= 11 is 0. The van der Waals surface area contributed by atoms with Gasteiger partial charge in [0.15, 0.2) is 11.6 Å². The molecule has 106 valence electrons. The van der Waals surface area contributed by atoms with Gasteiger partial charge in [-0.25, -0.2) is 13.6 Å². The molecule has 1 aromatic rings. The van der Waals surface area contributed by atoms with E-state index in [0.29, 0.717) is 12.8 Å². The molecule has 6 heteroatoms. The van der Waals surface area contributed by atoms with Crippen LogP contribution in [0.25, 0.3) is 0 Å². The lowest BCUT2D eigenvalue weighted by Gasteiger charge is -2.26. The molecule has 0 unspecified atom stereocenters. The van der Waals surface area contributed by atoms with Crippen LogP contribution in [0.4, 0.5) is 14.5 Å². The fraction of sp³-hybridized carbons (Fsp3) is 0.462. The zero-order chi connectivity index (χ0) is 14.6. The van der Waals surface area contributed by atoms with Gasteiger partial charge in [-0.05, 0) is 25.0 Å². The van der Waals surface area contributed by atoms with E-state index in [1.807, 2.05) is 0 Å². The van der Waals surface area contributed by atoms with E-state index < -0.39 is 28.8 Å². The van der Waals surface area contributed by atoms with Gasteiger partial charge in [0, 0.05) is 6.54 Å². The maximum Gasteiger partial charge on any atom is 0.338 e. The number of halogens is 2. The van der Waals surface area contributed by atoms with Crippen molar-refractivity contribution in [2.75, 3.05) is 11.9 Å². The molecule has 0 atom stereocenters. The van der Waals surface area contributed by atoms with Crippen molar-refractivity contribution in [3.8, 4) is 0 Å². The number of carbonyl (C=O) groups is 1. The summed E-state index contributed by atoms with van der Waals surface area (Å²) in [5.74, 6) is -4.19. The lowest BCUT2D eigenvalue weighted by atomic mass is 9.97. The molecule has 3 N–H and O–H groups in total. The third kappa shape index (κ3) is 3.41. The summed E-state index contributed by atoms with van der Waals surface area (Å²) in [6.07, 6.45) is 0.932. The first-order valence-corrected chi connectivity index (χ1v) is 6.02. The van der Waals surface area contributed by atoms with Crippen LogP contribution in [0.1, 0.15) is 37.0 Å². The van der Waals surface area contributed by atoms with Crippen molar-refractivity contribution in [1.29, 1.82) is 0 Å². The Hall–Kier alpha value is -1.69. The molecule has 0 bridgehead atoms. The molecule has 0 heterocycles. The van der Waals surface area contributed by atoms with E-state index in [0.717, 1.165) is 12.1 Å². The van der Waals surface area contributed by atoms with Gasteiger partial charge in [-0.1, -0.05) is 13.8 Å². The topological polar surface area (TPSA) is 69.6 Å². The van der Waals surface area contributed by atoms with Crippen LogP contribution in [0.5, 0.6) is 0 Å². The fourth-order valence-electron chi connectivity index (χ4n) is 1.61. The molecule has 0 aliphatic rings. The Bertz CT molecular complexity index is 473. The zero-order valence-corrected chi connectivity index (χ0v) is 10.8. The Labute approximate surface area is 110 Å². The predicted octanol–water partition coefficient (Wildman–Crippen LogP) is 2.63. The Morgan fingerprint density at radius 1 is 1.26 bits per heavy atom. The van der Waals surface area contributed by atoms with E-state index in [4.69, 9.17) is 5.11 Å².